The lowest BCUT2D eigenvalue weighted by atomic mass is 9.91. The Balaban J connectivity index is 2.00. The predicted octanol–water partition coefficient (Wildman–Crippen LogP) is 2.29. The van der Waals surface area contributed by atoms with Crippen LogP contribution >= 0.6 is 0 Å². The monoisotopic (exact) mass is 236 g/mol. The number of aliphatic hydroxyl groups excluding tert-OH is 1. The van der Waals surface area contributed by atoms with Crippen molar-refractivity contribution in [1.29, 1.82) is 0 Å². The van der Waals surface area contributed by atoms with Gasteiger partial charge in [0.05, 0.1) is 19.3 Å². The number of benzene rings is 1. The first kappa shape index (κ1) is 12.6. The molecule has 0 aliphatic carbocycles. The van der Waals surface area contributed by atoms with E-state index in [1.807, 2.05) is 24.3 Å². The van der Waals surface area contributed by atoms with Crippen molar-refractivity contribution in [3.8, 4) is 0 Å². The molecule has 1 heterocycles. The maximum Gasteiger partial charge on any atom is 0.0840 e. The van der Waals surface area contributed by atoms with Gasteiger partial charge >= 0.3 is 0 Å². The molecule has 1 N–H and O–H groups in total. The molecule has 1 aliphatic rings. The van der Waals surface area contributed by atoms with Crippen LogP contribution in [-0.4, -0.2) is 25.4 Å². The quantitative estimate of drug-likeness (QED) is 0.871. The molecule has 2 rings (SSSR count). The molecule has 94 valence electrons. The molecule has 1 saturated heterocycles. The van der Waals surface area contributed by atoms with Gasteiger partial charge in [-0.25, -0.2) is 0 Å². The molecule has 0 spiro atoms. The fourth-order valence-electron chi connectivity index (χ4n) is 2.26. The van der Waals surface area contributed by atoms with E-state index in [1.54, 1.807) is 7.11 Å². The third-order valence-corrected chi connectivity index (χ3v) is 3.27. The largest absolute Gasteiger partial charge is 0.388 e. The van der Waals surface area contributed by atoms with Crippen LogP contribution in [0, 0.1) is 5.92 Å². The zero-order chi connectivity index (χ0) is 12.1. The summed E-state index contributed by atoms with van der Waals surface area (Å²) in [5, 5.41) is 10.3. The zero-order valence-electron chi connectivity index (χ0n) is 10.3. The molecular formula is C14H20O3. The molecule has 2 unspecified atom stereocenters. The summed E-state index contributed by atoms with van der Waals surface area (Å²) in [6.45, 7) is 2.11. The van der Waals surface area contributed by atoms with E-state index in [9.17, 15) is 5.11 Å². The standard InChI is InChI=1S/C14H20O3/c1-16-9-11-4-6-12(7-5-11)14(15)13-3-2-8-17-10-13/h4-7,13-15H,2-3,8-10H2,1H3. The van der Waals surface area contributed by atoms with Crippen molar-refractivity contribution in [2.24, 2.45) is 5.92 Å². The first-order chi connectivity index (χ1) is 8.31. The van der Waals surface area contributed by atoms with Gasteiger partial charge in [0.25, 0.3) is 0 Å². The van der Waals surface area contributed by atoms with Gasteiger partial charge in [0.2, 0.25) is 0 Å². The van der Waals surface area contributed by atoms with Gasteiger partial charge in [-0.1, -0.05) is 24.3 Å². The summed E-state index contributed by atoms with van der Waals surface area (Å²) in [7, 11) is 1.68. The molecule has 0 bridgehead atoms. The Morgan fingerprint density at radius 1 is 1.41 bits per heavy atom. The Morgan fingerprint density at radius 2 is 2.18 bits per heavy atom. The molecule has 1 aromatic carbocycles. The lowest BCUT2D eigenvalue weighted by molar-refractivity contribution is -0.00997. The van der Waals surface area contributed by atoms with Crippen molar-refractivity contribution in [3.63, 3.8) is 0 Å². The lowest BCUT2D eigenvalue weighted by Gasteiger charge is -2.27. The van der Waals surface area contributed by atoms with Gasteiger partial charge in [0.1, 0.15) is 0 Å². The third kappa shape index (κ3) is 3.28. The average molecular weight is 236 g/mol. The van der Waals surface area contributed by atoms with Crippen molar-refractivity contribution in [2.75, 3.05) is 20.3 Å². The maximum atomic E-state index is 10.3. The van der Waals surface area contributed by atoms with Crippen LogP contribution in [0.3, 0.4) is 0 Å². The van der Waals surface area contributed by atoms with Gasteiger partial charge in [-0.15, -0.1) is 0 Å². The number of hydrogen-bond acceptors (Lipinski definition) is 3. The molecule has 3 nitrogen and oxygen atoms in total. The van der Waals surface area contributed by atoms with Gasteiger partial charge < -0.3 is 14.6 Å². The molecule has 1 aliphatic heterocycles. The van der Waals surface area contributed by atoms with E-state index in [1.165, 1.54) is 0 Å². The molecule has 1 fully saturated rings. The van der Waals surface area contributed by atoms with Crippen molar-refractivity contribution >= 4 is 0 Å². The van der Waals surface area contributed by atoms with Gasteiger partial charge in [-0.2, -0.15) is 0 Å². The van der Waals surface area contributed by atoms with Gasteiger partial charge in [0, 0.05) is 19.6 Å². The highest BCUT2D eigenvalue weighted by Gasteiger charge is 2.23. The molecule has 17 heavy (non-hydrogen) atoms. The number of ether oxygens (including phenoxy) is 2. The highest BCUT2D eigenvalue weighted by atomic mass is 16.5. The first-order valence-corrected chi connectivity index (χ1v) is 6.15. The van der Waals surface area contributed by atoms with E-state index in [4.69, 9.17) is 9.47 Å². The fourth-order valence-corrected chi connectivity index (χ4v) is 2.26. The molecular weight excluding hydrogens is 216 g/mol. The van der Waals surface area contributed by atoms with Gasteiger partial charge in [-0.05, 0) is 24.0 Å². The second-order valence-electron chi connectivity index (χ2n) is 4.60. The number of hydrogen-bond donors (Lipinski definition) is 1. The summed E-state index contributed by atoms with van der Waals surface area (Å²) in [6, 6.07) is 7.97. The Kier molecular flexibility index (Phi) is 4.54. The van der Waals surface area contributed by atoms with Crippen molar-refractivity contribution < 1.29 is 14.6 Å². The second-order valence-corrected chi connectivity index (χ2v) is 4.60. The first-order valence-electron chi connectivity index (χ1n) is 6.15. The Hall–Kier alpha value is -0.900. The van der Waals surface area contributed by atoms with E-state index in [0.29, 0.717) is 13.2 Å². The molecule has 3 heteroatoms. The van der Waals surface area contributed by atoms with Crippen LogP contribution < -0.4 is 0 Å². The second kappa shape index (κ2) is 6.15. The van der Waals surface area contributed by atoms with Gasteiger partial charge in [-0.3, -0.25) is 0 Å². The average Bonchev–Trinajstić information content (AvgIpc) is 2.40. The number of rotatable bonds is 4. The summed E-state index contributed by atoms with van der Waals surface area (Å²) in [4.78, 5) is 0. The van der Waals surface area contributed by atoms with Gasteiger partial charge in [0.15, 0.2) is 0 Å². The van der Waals surface area contributed by atoms with Crippen LogP contribution in [0.1, 0.15) is 30.1 Å². The molecule has 0 saturated carbocycles. The van der Waals surface area contributed by atoms with Crippen molar-refractivity contribution in [2.45, 2.75) is 25.6 Å². The van der Waals surface area contributed by atoms with Crippen molar-refractivity contribution in [1.82, 2.24) is 0 Å². The van der Waals surface area contributed by atoms with Crippen LogP contribution in [0.4, 0.5) is 0 Å². The summed E-state index contributed by atoms with van der Waals surface area (Å²) >= 11 is 0. The number of aliphatic hydroxyl groups is 1. The number of methoxy groups -OCH3 is 1. The summed E-state index contributed by atoms with van der Waals surface area (Å²) in [6.07, 6.45) is 1.68. The van der Waals surface area contributed by atoms with Crippen LogP contribution in [0.5, 0.6) is 0 Å². The normalized spacial score (nSPS) is 22.4. The van der Waals surface area contributed by atoms with Crippen molar-refractivity contribution in [3.05, 3.63) is 35.4 Å². The molecule has 1 aromatic rings. The SMILES string of the molecule is COCc1ccc(C(O)C2CCCOC2)cc1. The Labute approximate surface area is 102 Å². The summed E-state index contributed by atoms with van der Waals surface area (Å²) in [5.41, 5.74) is 2.10. The highest BCUT2D eigenvalue weighted by molar-refractivity contribution is 5.24. The minimum absolute atomic E-state index is 0.233. The topological polar surface area (TPSA) is 38.7 Å². The maximum absolute atomic E-state index is 10.3. The van der Waals surface area contributed by atoms with Crippen LogP contribution in [-0.2, 0) is 16.1 Å². The van der Waals surface area contributed by atoms with Crippen LogP contribution in [0.2, 0.25) is 0 Å². The van der Waals surface area contributed by atoms with E-state index < -0.39 is 6.10 Å². The third-order valence-electron chi connectivity index (χ3n) is 3.27. The Morgan fingerprint density at radius 3 is 2.76 bits per heavy atom. The summed E-state index contributed by atoms with van der Waals surface area (Å²) in [5.74, 6) is 0.233. The summed E-state index contributed by atoms with van der Waals surface area (Å²) < 4.78 is 10.5. The molecule has 2 atom stereocenters. The molecule has 0 amide bonds. The van der Waals surface area contributed by atoms with E-state index in [0.717, 1.165) is 30.6 Å². The van der Waals surface area contributed by atoms with E-state index in [2.05, 4.69) is 0 Å². The van der Waals surface area contributed by atoms with E-state index >= 15 is 0 Å². The van der Waals surface area contributed by atoms with Crippen LogP contribution in [0.15, 0.2) is 24.3 Å². The van der Waals surface area contributed by atoms with E-state index in [-0.39, 0.29) is 5.92 Å². The van der Waals surface area contributed by atoms with Crippen LogP contribution in [0.25, 0.3) is 0 Å². The molecule has 0 aromatic heterocycles. The minimum Gasteiger partial charge on any atom is -0.388 e. The fraction of sp³-hybridized carbons (Fsp3) is 0.571. The highest BCUT2D eigenvalue weighted by Crippen LogP contribution is 2.28. The minimum atomic E-state index is -0.410. The Bertz CT molecular complexity index is 328. The molecule has 0 radical (unpaired) electrons. The predicted molar refractivity (Wildman–Crippen MR) is 65.7 cm³/mol. The lowest BCUT2D eigenvalue weighted by Crippen LogP contribution is -2.23. The zero-order valence-corrected chi connectivity index (χ0v) is 10.3. The smallest absolute Gasteiger partial charge is 0.0840 e.